The highest BCUT2D eigenvalue weighted by atomic mass is 32.1. The SMILES string of the molecule is CC(=O)N1CCC(N(CCCN2CCOCC2)C(=S)Nc2ccc(C)cc2)CC1. The van der Waals surface area contributed by atoms with E-state index in [0.29, 0.717) is 6.04 Å². The molecule has 1 aromatic carbocycles. The summed E-state index contributed by atoms with van der Waals surface area (Å²) in [5, 5.41) is 4.22. The molecular formula is C22H34N4O2S. The van der Waals surface area contributed by atoms with Crippen LogP contribution in [-0.4, -0.2) is 84.2 Å². The largest absolute Gasteiger partial charge is 0.379 e. The van der Waals surface area contributed by atoms with Crippen LogP contribution in [0.15, 0.2) is 24.3 Å². The molecule has 0 saturated carbocycles. The highest BCUT2D eigenvalue weighted by molar-refractivity contribution is 7.80. The summed E-state index contributed by atoms with van der Waals surface area (Å²) in [6, 6.07) is 8.72. The predicted molar refractivity (Wildman–Crippen MR) is 121 cm³/mol. The topological polar surface area (TPSA) is 48.1 Å². The Hall–Kier alpha value is -1.70. The van der Waals surface area contributed by atoms with Gasteiger partial charge in [0.05, 0.1) is 13.2 Å². The molecule has 6 nitrogen and oxygen atoms in total. The minimum atomic E-state index is 0.169. The number of ether oxygens (including phenoxy) is 1. The molecule has 0 unspecified atom stereocenters. The van der Waals surface area contributed by atoms with Crippen molar-refractivity contribution in [3.8, 4) is 0 Å². The zero-order chi connectivity index (χ0) is 20.6. The van der Waals surface area contributed by atoms with E-state index >= 15 is 0 Å². The van der Waals surface area contributed by atoms with Crippen LogP contribution in [0.2, 0.25) is 0 Å². The number of likely N-dealkylation sites (tertiary alicyclic amines) is 1. The van der Waals surface area contributed by atoms with Crippen LogP contribution >= 0.6 is 12.2 Å². The van der Waals surface area contributed by atoms with Crippen LogP contribution in [0.4, 0.5) is 5.69 Å². The van der Waals surface area contributed by atoms with Crippen molar-refractivity contribution in [3.05, 3.63) is 29.8 Å². The van der Waals surface area contributed by atoms with Crippen molar-refractivity contribution in [2.24, 2.45) is 0 Å². The molecule has 7 heteroatoms. The van der Waals surface area contributed by atoms with Gasteiger partial charge in [-0.15, -0.1) is 0 Å². The molecule has 2 saturated heterocycles. The monoisotopic (exact) mass is 418 g/mol. The van der Waals surface area contributed by atoms with Gasteiger partial charge in [0.1, 0.15) is 0 Å². The van der Waals surface area contributed by atoms with E-state index in [1.165, 1.54) is 5.56 Å². The van der Waals surface area contributed by atoms with Gasteiger partial charge in [0.2, 0.25) is 5.91 Å². The molecule has 0 atom stereocenters. The average Bonchev–Trinajstić information content (AvgIpc) is 2.73. The Morgan fingerprint density at radius 2 is 1.83 bits per heavy atom. The zero-order valence-corrected chi connectivity index (χ0v) is 18.5. The van der Waals surface area contributed by atoms with Crippen molar-refractivity contribution < 1.29 is 9.53 Å². The van der Waals surface area contributed by atoms with Crippen LogP contribution in [0.5, 0.6) is 0 Å². The van der Waals surface area contributed by atoms with Gasteiger partial charge in [-0.1, -0.05) is 17.7 Å². The molecule has 2 aliphatic heterocycles. The summed E-state index contributed by atoms with van der Waals surface area (Å²) < 4.78 is 5.45. The lowest BCUT2D eigenvalue weighted by molar-refractivity contribution is -0.130. The van der Waals surface area contributed by atoms with E-state index in [9.17, 15) is 4.79 Å². The number of hydrogen-bond acceptors (Lipinski definition) is 4. The first-order chi connectivity index (χ1) is 14.0. The van der Waals surface area contributed by atoms with Gasteiger partial charge in [0.15, 0.2) is 5.11 Å². The molecule has 160 valence electrons. The van der Waals surface area contributed by atoms with E-state index in [2.05, 4.69) is 46.3 Å². The number of aryl methyl sites for hydroxylation is 1. The third-order valence-corrected chi connectivity index (χ3v) is 6.23. The van der Waals surface area contributed by atoms with Crippen molar-refractivity contribution in [1.82, 2.24) is 14.7 Å². The molecule has 0 bridgehead atoms. The van der Waals surface area contributed by atoms with Gasteiger partial charge in [-0.3, -0.25) is 9.69 Å². The van der Waals surface area contributed by atoms with Crippen molar-refractivity contribution >= 4 is 28.9 Å². The number of rotatable bonds is 6. The standard InChI is InChI=1S/C22H34N4O2S/c1-18-4-6-20(7-5-18)23-22(29)26(11-3-10-24-14-16-28-17-15-24)21-8-12-25(13-9-21)19(2)27/h4-7,21H,3,8-17H2,1-2H3,(H,23,29). The van der Waals surface area contributed by atoms with E-state index < -0.39 is 0 Å². The molecule has 2 heterocycles. The van der Waals surface area contributed by atoms with Crippen LogP contribution in [0.25, 0.3) is 0 Å². The zero-order valence-electron chi connectivity index (χ0n) is 17.7. The molecule has 2 fully saturated rings. The Balaban J connectivity index is 1.59. The van der Waals surface area contributed by atoms with Crippen LogP contribution in [-0.2, 0) is 9.53 Å². The maximum atomic E-state index is 11.7. The van der Waals surface area contributed by atoms with E-state index in [1.807, 2.05) is 4.90 Å². The number of carbonyl (C=O) groups is 1. The maximum Gasteiger partial charge on any atom is 0.219 e. The number of nitrogens with one attached hydrogen (secondary N) is 1. The first kappa shape index (κ1) is 22.0. The lowest BCUT2D eigenvalue weighted by atomic mass is 10.0. The molecule has 1 aromatic rings. The third-order valence-electron chi connectivity index (χ3n) is 5.89. The second-order valence-electron chi connectivity index (χ2n) is 8.03. The van der Waals surface area contributed by atoms with Gasteiger partial charge in [-0.2, -0.15) is 0 Å². The molecule has 29 heavy (non-hydrogen) atoms. The van der Waals surface area contributed by atoms with E-state index in [1.54, 1.807) is 6.92 Å². The van der Waals surface area contributed by atoms with Gasteiger partial charge in [-0.05, 0) is 50.5 Å². The Labute approximate surface area is 180 Å². The minimum absolute atomic E-state index is 0.169. The average molecular weight is 419 g/mol. The second kappa shape index (κ2) is 10.9. The number of anilines is 1. The van der Waals surface area contributed by atoms with Gasteiger partial charge in [0.25, 0.3) is 0 Å². The Morgan fingerprint density at radius 3 is 2.45 bits per heavy atom. The molecule has 1 amide bonds. The predicted octanol–water partition coefficient (Wildman–Crippen LogP) is 2.73. The highest BCUT2D eigenvalue weighted by Gasteiger charge is 2.27. The molecule has 0 aromatic heterocycles. The lowest BCUT2D eigenvalue weighted by Crippen LogP contribution is -2.50. The smallest absolute Gasteiger partial charge is 0.219 e. The number of benzene rings is 1. The lowest BCUT2D eigenvalue weighted by Gasteiger charge is -2.40. The molecule has 0 aliphatic carbocycles. The number of piperidine rings is 1. The van der Waals surface area contributed by atoms with Crippen molar-refractivity contribution in [2.75, 3.05) is 57.8 Å². The first-order valence-corrected chi connectivity index (χ1v) is 11.1. The van der Waals surface area contributed by atoms with E-state index in [0.717, 1.165) is 82.5 Å². The quantitative estimate of drug-likeness (QED) is 0.717. The number of nitrogens with zero attached hydrogens (tertiary/aromatic N) is 3. The number of morpholine rings is 1. The van der Waals surface area contributed by atoms with Crippen molar-refractivity contribution in [2.45, 2.75) is 39.2 Å². The van der Waals surface area contributed by atoms with Gasteiger partial charge in [-0.25, -0.2) is 0 Å². The molecular weight excluding hydrogens is 384 g/mol. The number of thiocarbonyl (C=S) groups is 1. The Bertz CT molecular complexity index is 668. The Morgan fingerprint density at radius 1 is 1.17 bits per heavy atom. The number of hydrogen-bond donors (Lipinski definition) is 1. The summed E-state index contributed by atoms with van der Waals surface area (Å²) in [6.07, 6.45) is 3.00. The fourth-order valence-electron chi connectivity index (χ4n) is 4.06. The second-order valence-corrected chi connectivity index (χ2v) is 8.42. The summed E-state index contributed by atoms with van der Waals surface area (Å²) in [6.45, 7) is 11.1. The highest BCUT2D eigenvalue weighted by Crippen LogP contribution is 2.19. The fraction of sp³-hybridized carbons (Fsp3) is 0.636. The van der Waals surface area contributed by atoms with Crippen molar-refractivity contribution in [3.63, 3.8) is 0 Å². The third kappa shape index (κ3) is 6.66. The van der Waals surface area contributed by atoms with Crippen LogP contribution < -0.4 is 5.32 Å². The minimum Gasteiger partial charge on any atom is -0.379 e. The first-order valence-electron chi connectivity index (χ1n) is 10.7. The summed E-state index contributed by atoms with van der Waals surface area (Å²) in [5.41, 5.74) is 2.26. The normalized spacial score (nSPS) is 18.5. The van der Waals surface area contributed by atoms with Crippen LogP contribution in [0.3, 0.4) is 0 Å². The molecule has 3 rings (SSSR count). The fourth-order valence-corrected chi connectivity index (χ4v) is 4.42. The maximum absolute atomic E-state index is 11.7. The van der Waals surface area contributed by atoms with Gasteiger partial charge < -0.3 is 19.9 Å². The molecule has 1 N–H and O–H groups in total. The summed E-state index contributed by atoms with van der Waals surface area (Å²) in [4.78, 5) is 18.4. The van der Waals surface area contributed by atoms with Crippen LogP contribution in [0, 0.1) is 6.92 Å². The summed E-state index contributed by atoms with van der Waals surface area (Å²) in [7, 11) is 0. The summed E-state index contributed by atoms with van der Waals surface area (Å²) in [5.74, 6) is 0.169. The molecule has 2 aliphatic rings. The molecule has 0 radical (unpaired) electrons. The number of amides is 1. The van der Waals surface area contributed by atoms with Gasteiger partial charge in [0, 0.05) is 57.9 Å². The number of carbonyl (C=O) groups excluding carboxylic acids is 1. The van der Waals surface area contributed by atoms with Crippen LogP contribution in [0.1, 0.15) is 31.7 Å². The van der Waals surface area contributed by atoms with E-state index in [4.69, 9.17) is 17.0 Å². The summed E-state index contributed by atoms with van der Waals surface area (Å²) >= 11 is 5.82. The Kier molecular flexibility index (Phi) is 8.27. The van der Waals surface area contributed by atoms with E-state index in [-0.39, 0.29) is 5.91 Å². The van der Waals surface area contributed by atoms with Crippen molar-refractivity contribution in [1.29, 1.82) is 0 Å². The molecule has 0 spiro atoms. The van der Waals surface area contributed by atoms with Gasteiger partial charge >= 0.3 is 0 Å².